The maximum atomic E-state index is 9.22. The van der Waals surface area contributed by atoms with Crippen LogP contribution in [0.2, 0.25) is 5.02 Å². The monoisotopic (exact) mass is 342 g/mol. The molecule has 0 radical (unpaired) electrons. The third-order valence-corrected chi connectivity index (χ3v) is 4.49. The number of aromatic nitrogens is 1. The van der Waals surface area contributed by atoms with Gasteiger partial charge in [-0.2, -0.15) is 5.26 Å². The van der Waals surface area contributed by atoms with Crippen molar-refractivity contribution in [3.8, 4) is 6.07 Å². The summed E-state index contributed by atoms with van der Waals surface area (Å²) < 4.78 is 5.46. The van der Waals surface area contributed by atoms with E-state index in [1.807, 2.05) is 24.3 Å². The van der Waals surface area contributed by atoms with Crippen molar-refractivity contribution >= 4 is 17.4 Å². The van der Waals surface area contributed by atoms with E-state index in [0.717, 1.165) is 23.7 Å². The summed E-state index contributed by atoms with van der Waals surface area (Å²) in [6.45, 7) is 3.76. The summed E-state index contributed by atoms with van der Waals surface area (Å²) in [6, 6.07) is 13.7. The van der Waals surface area contributed by atoms with Gasteiger partial charge in [0.25, 0.3) is 0 Å². The van der Waals surface area contributed by atoms with E-state index >= 15 is 0 Å². The van der Waals surface area contributed by atoms with Gasteiger partial charge in [-0.15, -0.1) is 0 Å². The van der Waals surface area contributed by atoms with Gasteiger partial charge in [0.1, 0.15) is 11.9 Å². The molecule has 124 valence electrons. The van der Waals surface area contributed by atoms with E-state index in [1.54, 1.807) is 18.3 Å². The molecule has 24 heavy (non-hydrogen) atoms. The average Bonchev–Trinajstić information content (AvgIpc) is 2.64. The van der Waals surface area contributed by atoms with Crippen LogP contribution >= 0.6 is 11.6 Å². The van der Waals surface area contributed by atoms with Crippen LogP contribution in [-0.4, -0.2) is 42.7 Å². The molecular formula is C18H19ClN4O. The lowest BCUT2D eigenvalue weighted by molar-refractivity contribution is 0.0187. The number of anilines is 1. The molecule has 0 spiro atoms. The molecular weight excluding hydrogens is 324 g/mol. The first-order chi connectivity index (χ1) is 11.8. The molecule has 3 rings (SSSR count). The Morgan fingerprint density at radius 3 is 2.79 bits per heavy atom. The molecule has 0 aliphatic carbocycles. The van der Waals surface area contributed by atoms with Gasteiger partial charge < -0.3 is 10.1 Å². The van der Waals surface area contributed by atoms with Crippen molar-refractivity contribution in [2.75, 3.05) is 38.2 Å². The smallest absolute Gasteiger partial charge is 0.143 e. The van der Waals surface area contributed by atoms with Gasteiger partial charge in [0, 0.05) is 30.9 Å². The minimum atomic E-state index is 0.0937. The number of pyridine rings is 1. The molecule has 1 aliphatic heterocycles. The molecule has 1 atom stereocenters. The quantitative estimate of drug-likeness (QED) is 0.904. The predicted molar refractivity (Wildman–Crippen MR) is 94.0 cm³/mol. The topological polar surface area (TPSA) is 61.2 Å². The number of halogens is 1. The lowest BCUT2D eigenvalue weighted by Gasteiger charge is -2.35. The molecule has 0 unspecified atom stereocenters. The summed E-state index contributed by atoms with van der Waals surface area (Å²) in [5.74, 6) is 0.602. The van der Waals surface area contributed by atoms with Gasteiger partial charge in [-0.3, -0.25) is 4.90 Å². The molecule has 2 aromatic rings. The fourth-order valence-corrected chi connectivity index (χ4v) is 3.16. The number of nitriles is 1. The maximum Gasteiger partial charge on any atom is 0.143 e. The summed E-state index contributed by atoms with van der Waals surface area (Å²) >= 11 is 6.42. The first-order valence-corrected chi connectivity index (χ1v) is 8.32. The van der Waals surface area contributed by atoms with Crippen molar-refractivity contribution in [2.45, 2.75) is 6.04 Å². The first kappa shape index (κ1) is 16.7. The summed E-state index contributed by atoms with van der Waals surface area (Å²) in [7, 11) is 0. The number of benzene rings is 1. The van der Waals surface area contributed by atoms with E-state index in [2.05, 4.69) is 21.3 Å². The number of morpholine rings is 1. The molecule has 5 nitrogen and oxygen atoms in total. The van der Waals surface area contributed by atoms with Crippen molar-refractivity contribution in [3.05, 3.63) is 58.7 Å². The highest BCUT2D eigenvalue weighted by molar-refractivity contribution is 6.31. The lowest BCUT2D eigenvalue weighted by atomic mass is 10.0. The Morgan fingerprint density at radius 1 is 1.25 bits per heavy atom. The maximum absolute atomic E-state index is 9.22. The molecule has 2 heterocycles. The van der Waals surface area contributed by atoms with Gasteiger partial charge in [0.2, 0.25) is 0 Å². The second-order valence-electron chi connectivity index (χ2n) is 5.58. The Kier molecular flexibility index (Phi) is 5.65. The van der Waals surface area contributed by atoms with Crippen LogP contribution < -0.4 is 5.32 Å². The van der Waals surface area contributed by atoms with E-state index < -0.39 is 0 Å². The van der Waals surface area contributed by atoms with E-state index in [1.165, 1.54) is 0 Å². The van der Waals surface area contributed by atoms with Crippen molar-refractivity contribution in [1.29, 1.82) is 5.26 Å². The normalized spacial score (nSPS) is 16.3. The largest absolute Gasteiger partial charge is 0.379 e. The van der Waals surface area contributed by atoms with Gasteiger partial charge in [0.15, 0.2) is 0 Å². The molecule has 1 saturated heterocycles. The Hall–Kier alpha value is -2.13. The molecule has 0 amide bonds. The van der Waals surface area contributed by atoms with E-state index in [9.17, 15) is 5.26 Å². The van der Waals surface area contributed by atoms with Crippen LogP contribution in [0.25, 0.3) is 0 Å². The number of nitrogens with zero attached hydrogens (tertiary/aromatic N) is 3. The second-order valence-corrected chi connectivity index (χ2v) is 5.99. The van der Waals surface area contributed by atoms with Crippen LogP contribution in [0.15, 0.2) is 42.6 Å². The van der Waals surface area contributed by atoms with Gasteiger partial charge in [-0.25, -0.2) is 4.98 Å². The SMILES string of the molecule is N#Cc1cccnc1NC[C@@H](c1ccccc1Cl)N1CCOCC1. The zero-order valence-corrected chi connectivity index (χ0v) is 14.0. The van der Waals surface area contributed by atoms with Crippen LogP contribution in [0.4, 0.5) is 5.82 Å². The number of hydrogen-bond acceptors (Lipinski definition) is 5. The van der Waals surface area contributed by atoms with Crippen LogP contribution in [-0.2, 0) is 4.74 Å². The van der Waals surface area contributed by atoms with Gasteiger partial charge in [-0.1, -0.05) is 29.8 Å². The summed E-state index contributed by atoms with van der Waals surface area (Å²) in [4.78, 5) is 6.63. The third-order valence-electron chi connectivity index (χ3n) is 4.14. The summed E-state index contributed by atoms with van der Waals surface area (Å²) in [5.41, 5.74) is 1.61. The number of hydrogen-bond donors (Lipinski definition) is 1. The Labute approximate surface area is 146 Å². The average molecular weight is 343 g/mol. The fourth-order valence-electron chi connectivity index (χ4n) is 2.90. The Morgan fingerprint density at radius 2 is 2.04 bits per heavy atom. The van der Waals surface area contributed by atoms with Gasteiger partial charge in [0.05, 0.1) is 24.8 Å². The summed E-state index contributed by atoms with van der Waals surface area (Å²) in [6.07, 6.45) is 1.68. The highest BCUT2D eigenvalue weighted by Crippen LogP contribution is 2.28. The van der Waals surface area contributed by atoms with Crippen molar-refractivity contribution in [2.24, 2.45) is 0 Å². The van der Waals surface area contributed by atoms with Gasteiger partial charge in [-0.05, 0) is 23.8 Å². The molecule has 6 heteroatoms. The minimum absolute atomic E-state index is 0.0937. The van der Waals surface area contributed by atoms with Crippen molar-refractivity contribution in [3.63, 3.8) is 0 Å². The molecule has 0 bridgehead atoms. The molecule has 1 N–H and O–H groups in total. The van der Waals surface area contributed by atoms with Crippen LogP contribution in [0.1, 0.15) is 17.2 Å². The highest BCUT2D eigenvalue weighted by atomic mass is 35.5. The number of nitrogens with one attached hydrogen (secondary N) is 1. The summed E-state index contributed by atoms with van der Waals surface area (Å²) in [5, 5.41) is 13.3. The predicted octanol–water partition coefficient (Wildman–Crippen LogP) is 3.09. The Bertz CT molecular complexity index is 725. The number of ether oxygens (including phenoxy) is 1. The van der Waals surface area contributed by atoms with Crippen molar-refractivity contribution in [1.82, 2.24) is 9.88 Å². The van der Waals surface area contributed by atoms with E-state index in [0.29, 0.717) is 31.1 Å². The van der Waals surface area contributed by atoms with Crippen LogP contribution in [0, 0.1) is 11.3 Å². The first-order valence-electron chi connectivity index (χ1n) is 7.95. The fraction of sp³-hybridized carbons (Fsp3) is 0.333. The third kappa shape index (κ3) is 3.85. The van der Waals surface area contributed by atoms with Crippen LogP contribution in [0.5, 0.6) is 0 Å². The standard InChI is InChI=1S/C18H19ClN4O/c19-16-6-2-1-5-15(16)17(23-8-10-24-11-9-23)13-22-18-14(12-20)4-3-7-21-18/h1-7,17H,8-11,13H2,(H,21,22)/t17-/m0/s1. The molecule has 0 saturated carbocycles. The van der Waals surface area contributed by atoms with Crippen molar-refractivity contribution < 1.29 is 4.74 Å². The van der Waals surface area contributed by atoms with Crippen LogP contribution in [0.3, 0.4) is 0 Å². The Balaban J connectivity index is 1.82. The van der Waals surface area contributed by atoms with E-state index in [4.69, 9.17) is 16.3 Å². The zero-order valence-electron chi connectivity index (χ0n) is 13.3. The zero-order chi connectivity index (χ0) is 16.8. The highest BCUT2D eigenvalue weighted by Gasteiger charge is 2.24. The lowest BCUT2D eigenvalue weighted by Crippen LogP contribution is -2.41. The minimum Gasteiger partial charge on any atom is -0.379 e. The van der Waals surface area contributed by atoms with Gasteiger partial charge >= 0.3 is 0 Å². The molecule has 1 fully saturated rings. The molecule has 1 aromatic heterocycles. The second kappa shape index (κ2) is 8.11. The molecule has 1 aliphatic rings. The molecule has 1 aromatic carbocycles. The van der Waals surface area contributed by atoms with E-state index in [-0.39, 0.29) is 6.04 Å². The number of rotatable bonds is 5.